The molecule has 0 aromatic heterocycles. The van der Waals surface area contributed by atoms with Gasteiger partial charge in [0.2, 0.25) is 0 Å². The molecule has 1 aromatic carbocycles. The number of para-hydroxylation sites is 1. The van der Waals surface area contributed by atoms with Crippen molar-refractivity contribution >= 4 is 17.3 Å². The lowest BCUT2D eigenvalue weighted by Crippen LogP contribution is -2.08. The topological polar surface area (TPSA) is 87.6 Å². The average Bonchev–Trinajstić information content (AvgIpc) is 2.36. The zero-order valence-corrected chi connectivity index (χ0v) is 11.1. The van der Waals surface area contributed by atoms with Crippen molar-refractivity contribution in [1.29, 1.82) is 0 Å². The molecule has 0 spiro atoms. The van der Waals surface area contributed by atoms with Crippen LogP contribution >= 0.6 is 0 Å². The zero-order chi connectivity index (χ0) is 14.3. The van der Waals surface area contributed by atoms with E-state index in [4.69, 9.17) is 20.9 Å². The van der Waals surface area contributed by atoms with E-state index >= 15 is 0 Å². The fourth-order valence-corrected chi connectivity index (χ4v) is 1.41. The molecule has 0 heterocycles. The smallest absolute Gasteiger partial charge is 0.333 e. The number of nitrogen functional groups attached to an aromatic ring is 2. The highest BCUT2D eigenvalue weighted by atomic mass is 16.5. The first-order chi connectivity index (χ1) is 9.02. The Labute approximate surface area is 113 Å². The maximum absolute atomic E-state index is 11.1. The SMILES string of the molecule is C=C(C)C(=O)OCCCCOc1c(N)cccc1N. The number of unbranched alkanes of at least 4 members (excludes halogenated alkanes) is 1. The van der Waals surface area contributed by atoms with Gasteiger partial charge in [0, 0.05) is 5.57 Å². The molecule has 19 heavy (non-hydrogen) atoms. The Morgan fingerprint density at radius 1 is 1.21 bits per heavy atom. The van der Waals surface area contributed by atoms with Crippen LogP contribution in [0.1, 0.15) is 19.8 Å². The van der Waals surface area contributed by atoms with Crippen LogP contribution in [0.3, 0.4) is 0 Å². The van der Waals surface area contributed by atoms with Crippen molar-refractivity contribution in [3.8, 4) is 5.75 Å². The lowest BCUT2D eigenvalue weighted by Gasteiger charge is -2.11. The number of nitrogens with two attached hydrogens (primary N) is 2. The van der Waals surface area contributed by atoms with E-state index in [1.807, 2.05) is 0 Å². The number of anilines is 2. The minimum Gasteiger partial charge on any atom is -0.489 e. The van der Waals surface area contributed by atoms with Crippen LogP contribution in [0, 0.1) is 0 Å². The average molecular weight is 264 g/mol. The third kappa shape index (κ3) is 4.91. The molecule has 0 unspecified atom stereocenters. The molecule has 0 saturated carbocycles. The molecule has 104 valence electrons. The van der Waals surface area contributed by atoms with E-state index in [0.29, 0.717) is 42.3 Å². The van der Waals surface area contributed by atoms with E-state index < -0.39 is 0 Å². The van der Waals surface area contributed by atoms with Gasteiger partial charge in [0.15, 0.2) is 5.75 Å². The molecule has 0 fully saturated rings. The molecule has 0 bridgehead atoms. The highest BCUT2D eigenvalue weighted by Gasteiger charge is 2.05. The van der Waals surface area contributed by atoms with Gasteiger partial charge in [0.05, 0.1) is 24.6 Å². The second kappa shape index (κ2) is 7.31. The molecule has 0 amide bonds. The summed E-state index contributed by atoms with van der Waals surface area (Å²) >= 11 is 0. The highest BCUT2D eigenvalue weighted by Crippen LogP contribution is 2.28. The third-order valence-corrected chi connectivity index (χ3v) is 2.44. The molecular weight excluding hydrogens is 244 g/mol. The number of ether oxygens (including phenoxy) is 2. The quantitative estimate of drug-likeness (QED) is 0.341. The standard InChI is InChI=1S/C14H20N2O3/c1-10(2)14(17)19-9-4-3-8-18-13-11(15)6-5-7-12(13)16/h5-7H,1,3-4,8-9,15-16H2,2H3. The Kier molecular flexibility index (Phi) is 5.73. The van der Waals surface area contributed by atoms with Crippen LogP contribution in [-0.4, -0.2) is 19.2 Å². The molecule has 5 nitrogen and oxygen atoms in total. The second-order valence-corrected chi connectivity index (χ2v) is 4.24. The first-order valence-corrected chi connectivity index (χ1v) is 6.11. The fourth-order valence-electron chi connectivity index (χ4n) is 1.41. The van der Waals surface area contributed by atoms with Gasteiger partial charge in [-0.1, -0.05) is 12.6 Å². The van der Waals surface area contributed by atoms with Crippen LogP contribution in [0.25, 0.3) is 0 Å². The molecule has 0 aliphatic heterocycles. The Bertz CT molecular complexity index is 438. The minimum absolute atomic E-state index is 0.356. The molecule has 0 aliphatic carbocycles. The lowest BCUT2D eigenvalue weighted by atomic mass is 10.2. The summed E-state index contributed by atoms with van der Waals surface area (Å²) in [4.78, 5) is 11.1. The summed E-state index contributed by atoms with van der Waals surface area (Å²) in [5.41, 5.74) is 13.0. The number of hydrogen-bond donors (Lipinski definition) is 2. The van der Waals surface area contributed by atoms with Crippen molar-refractivity contribution in [3.05, 3.63) is 30.4 Å². The van der Waals surface area contributed by atoms with Crippen LogP contribution in [-0.2, 0) is 9.53 Å². The van der Waals surface area contributed by atoms with Crippen LogP contribution < -0.4 is 16.2 Å². The normalized spacial score (nSPS) is 9.95. The van der Waals surface area contributed by atoms with Gasteiger partial charge in [-0.3, -0.25) is 0 Å². The molecule has 0 saturated heterocycles. The first kappa shape index (κ1) is 14.9. The van der Waals surface area contributed by atoms with Crippen LogP contribution in [0.2, 0.25) is 0 Å². The number of benzene rings is 1. The number of rotatable bonds is 7. The van der Waals surface area contributed by atoms with E-state index in [-0.39, 0.29) is 5.97 Å². The minimum atomic E-state index is -0.363. The number of carbonyl (C=O) groups excluding carboxylic acids is 1. The maximum Gasteiger partial charge on any atom is 0.333 e. The van der Waals surface area contributed by atoms with E-state index in [1.54, 1.807) is 25.1 Å². The van der Waals surface area contributed by atoms with Crippen LogP contribution in [0.5, 0.6) is 5.75 Å². The molecule has 4 N–H and O–H groups in total. The Morgan fingerprint density at radius 3 is 2.37 bits per heavy atom. The highest BCUT2D eigenvalue weighted by molar-refractivity contribution is 5.86. The van der Waals surface area contributed by atoms with Gasteiger partial charge in [-0.05, 0) is 31.9 Å². The number of hydrogen-bond acceptors (Lipinski definition) is 5. The predicted octanol–water partition coefficient (Wildman–Crippen LogP) is 2.13. The summed E-state index contributed by atoms with van der Waals surface area (Å²) in [5.74, 6) is 0.152. The molecule has 1 aromatic rings. The fraction of sp³-hybridized carbons (Fsp3) is 0.357. The van der Waals surface area contributed by atoms with Crippen LogP contribution in [0.15, 0.2) is 30.4 Å². The van der Waals surface area contributed by atoms with Gasteiger partial charge in [0.1, 0.15) is 0 Å². The molecule has 0 atom stereocenters. The number of esters is 1. The maximum atomic E-state index is 11.1. The lowest BCUT2D eigenvalue weighted by molar-refractivity contribution is -0.139. The van der Waals surface area contributed by atoms with Gasteiger partial charge in [-0.15, -0.1) is 0 Å². The summed E-state index contributed by atoms with van der Waals surface area (Å²) < 4.78 is 10.5. The van der Waals surface area contributed by atoms with E-state index in [0.717, 1.165) is 6.42 Å². The summed E-state index contributed by atoms with van der Waals surface area (Å²) in [6, 6.07) is 5.25. The van der Waals surface area contributed by atoms with E-state index in [9.17, 15) is 4.79 Å². The first-order valence-electron chi connectivity index (χ1n) is 6.11. The van der Waals surface area contributed by atoms with Gasteiger partial charge in [-0.2, -0.15) is 0 Å². The predicted molar refractivity (Wildman–Crippen MR) is 75.8 cm³/mol. The van der Waals surface area contributed by atoms with E-state index in [1.165, 1.54) is 0 Å². The largest absolute Gasteiger partial charge is 0.489 e. The van der Waals surface area contributed by atoms with Crippen molar-refractivity contribution < 1.29 is 14.3 Å². The van der Waals surface area contributed by atoms with E-state index in [2.05, 4.69) is 6.58 Å². The van der Waals surface area contributed by atoms with Crippen molar-refractivity contribution in [2.24, 2.45) is 0 Å². The Hall–Kier alpha value is -2.17. The van der Waals surface area contributed by atoms with Crippen molar-refractivity contribution in [3.63, 3.8) is 0 Å². The second-order valence-electron chi connectivity index (χ2n) is 4.24. The summed E-state index contributed by atoms with van der Waals surface area (Å²) in [6.45, 7) is 5.95. The summed E-state index contributed by atoms with van der Waals surface area (Å²) in [5, 5.41) is 0. The molecule has 0 aliphatic rings. The van der Waals surface area contributed by atoms with Crippen molar-refractivity contribution in [1.82, 2.24) is 0 Å². The monoisotopic (exact) mass is 264 g/mol. The third-order valence-electron chi connectivity index (χ3n) is 2.44. The van der Waals surface area contributed by atoms with Gasteiger partial charge >= 0.3 is 5.97 Å². The van der Waals surface area contributed by atoms with Crippen LogP contribution in [0.4, 0.5) is 11.4 Å². The summed E-state index contributed by atoms with van der Waals surface area (Å²) in [7, 11) is 0. The van der Waals surface area contributed by atoms with Gasteiger partial charge < -0.3 is 20.9 Å². The Morgan fingerprint density at radius 2 is 1.79 bits per heavy atom. The van der Waals surface area contributed by atoms with Crippen molar-refractivity contribution in [2.75, 3.05) is 24.7 Å². The molecule has 1 rings (SSSR count). The Balaban J connectivity index is 2.21. The van der Waals surface area contributed by atoms with Crippen molar-refractivity contribution in [2.45, 2.75) is 19.8 Å². The van der Waals surface area contributed by atoms with Gasteiger partial charge in [0.25, 0.3) is 0 Å². The molecule has 0 radical (unpaired) electrons. The summed E-state index contributed by atoms with van der Waals surface area (Å²) in [6.07, 6.45) is 1.46. The molecular formula is C14H20N2O3. The molecule has 5 heteroatoms. The van der Waals surface area contributed by atoms with Gasteiger partial charge in [-0.25, -0.2) is 4.79 Å². The number of carbonyl (C=O) groups is 1. The zero-order valence-electron chi connectivity index (χ0n) is 11.1.